The van der Waals surface area contributed by atoms with Gasteiger partial charge in [0.1, 0.15) is 11.5 Å². The second-order valence-corrected chi connectivity index (χ2v) is 6.64. The number of carbonyl (C=O) groups excluding carboxylic acids is 1. The molecule has 0 bridgehead atoms. The Labute approximate surface area is 145 Å². The molecule has 1 unspecified atom stereocenters. The molecule has 0 spiro atoms. The van der Waals surface area contributed by atoms with E-state index in [1.165, 1.54) is 12.1 Å². The summed E-state index contributed by atoms with van der Waals surface area (Å²) in [6.07, 6.45) is 2.11. The van der Waals surface area contributed by atoms with Crippen molar-refractivity contribution in [1.82, 2.24) is 20.3 Å². The van der Waals surface area contributed by atoms with Crippen molar-refractivity contribution in [3.05, 3.63) is 41.9 Å². The molecule has 1 atom stereocenters. The topological polar surface area (TPSA) is 61.6 Å². The second-order valence-electron chi connectivity index (χ2n) is 6.64. The van der Waals surface area contributed by atoms with Crippen LogP contribution in [0.2, 0.25) is 0 Å². The van der Waals surface area contributed by atoms with Gasteiger partial charge in [-0.15, -0.1) is 0 Å². The fourth-order valence-electron chi connectivity index (χ4n) is 3.63. The van der Waals surface area contributed by atoms with E-state index in [1.54, 1.807) is 12.1 Å². The zero-order valence-corrected chi connectivity index (χ0v) is 13.9. The highest BCUT2D eigenvalue weighted by molar-refractivity contribution is 5.76. The maximum Gasteiger partial charge on any atom is 0.317 e. The van der Waals surface area contributed by atoms with Crippen LogP contribution in [0.5, 0.6) is 0 Å². The van der Waals surface area contributed by atoms with E-state index in [1.807, 2.05) is 11.0 Å². The van der Waals surface area contributed by atoms with E-state index in [4.69, 9.17) is 4.52 Å². The molecule has 2 amide bonds. The molecule has 0 radical (unpaired) electrons. The van der Waals surface area contributed by atoms with Gasteiger partial charge in [0.05, 0.1) is 6.54 Å². The number of piperidine rings is 1. The van der Waals surface area contributed by atoms with Gasteiger partial charge in [0.2, 0.25) is 0 Å². The monoisotopic (exact) mass is 344 g/mol. The molecular weight excluding hydrogens is 323 g/mol. The summed E-state index contributed by atoms with van der Waals surface area (Å²) >= 11 is 0. The largest absolute Gasteiger partial charge is 0.359 e. The molecule has 132 valence electrons. The zero-order valence-electron chi connectivity index (χ0n) is 13.9. The Hall–Kier alpha value is -2.41. The van der Waals surface area contributed by atoms with Crippen molar-refractivity contribution in [2.75, 3.05) is 26.2 Å². The number of hydrogen-bond donors (Lipinski definition) is 1. The van der Waals surface area contributed by atoms with Gasteiger partial charge in [0.15, 0.2) is 5.76 Å². The number of benzene rings is 1. The summed E-state index contributed by atoms with van der Waals surface area (Å²) in [5.74, 6) is 0.517. The predicted molar refractivity (Wildman–Crippen MR) is 90.3 cm³/mol. The number of carbonyl (C=O) groups is 1. The predicted octanol–water partition coefficient (Wildman–Crippen LogP) is 2.47. The highest BCUT2D eigenvalue weighted by Gasteiger charge is 2.31. The number of nitrogens with one attached hydrogen (secondary N) is 1. The van der Waals surface area contributed by atoms with Crippen LogP contribution < -0.4 is 5.32 Å². The van der Waals surface area contributed by atoms with Crippen LogP contribution in [0.4, 0.5) is 9.18 Å². The molecule has 0 saturated carbocycles. The van der Waals surface area contributed by atoms with Crippen molar-refractivity contribution in [2.24, 2.45) is 0 Å². The number of hydrogen-bond acceptors (Lipinski definition) is 4. The fourth-order valence-corrected chi connectivity index (χ4v) is 3.63. The molecule has 25 heavy (non-hydrogen) atoms. The number of aromatic nitrogens is 1. The Morgan fingerprint density at radius 1 is 1.28 bits per heavy atom. The quantitative estimate of drug-likeness (QED) is 0.926. The maximum absolute atomic E-state index is 13.0. The smallest absolute Gasteiger partial charge is 0.317 e. The van der Waals surface area contributed by atoms with E-state index in [0.717, 1.165) is 50.3 Å². The summed E-state index contributed by atoms with van der Waals surface area (Å²) in [4.78, 5) is 16.1. The van der Waals surface area contributed by atoms with Gasteiger partial charge in [0, 0.05) is 37.3 Å². The Bertz CT molecular complexity index is 746. The number of amides is 2. The Balaban J connectivity index is 1.40. The molecule has 1 aromatic carbocycles. The number of urea groups is 1. The summed E-state index contributed by atoms with van der Waals surface area (Å²) in [5.41, 5.74) is 1.55. The minimum absolute atomic E-state index is 0.0464. The minimum Gasteiger partial charge on any atom is -0.359 e. The first-order valence-electron chi connectivity index (χ1n) is 8.67. The number of halogens is 1. The average molecular weight is 344 g/mol. The van der Waals surface area contributed by atoms with Gasteiger partial charge in [-0.05, 0) is 43.7 Å². The molecule has 2 aromatic rings. The first kappa shape index (κ1) is 16.1. The molecular formula is C18H21FN4O2. The van der Waals surface area contributed by atoms with Crippen molar-refractivity contribution in [3.63, 3.8) is 0 Å². The Morgan fingerprint density at radius 3 is 2.88 bits per heavy atom. The van der Waals surface area contributed by atoms with Gasteiger partial charge in [-0.3, -0.25) is 4.90 Å². The van der Waals surface area contributed by atoms with Crippen molar-refractivity contribution >= 4 is 6.03 Å². The third-order valence-electron chi connectivity index (χ3n) is 4.89. The molecule has 2 aliphatic heterocycles. The average Bonchev–Trinajstić information content (AvgIpc) is 3.25. The van der Waals surface area contributed by atoms with Crippen LogP contribution in [0, 0.1) is 5.82 Å². The van der Waals surface area contributed by atoms with Gasteiger partial charge >= 0.3 is 6.03 Å². The molecule has 7 heteroatoms. The first-order chi connectivity index (χ1) is 12.2. The standard InChI is InChI=1S/C18H21FN4O2/c19-14-5-3-13(4-6-14)17-10-16(25-21-17)12-22-8-1-2-15(11-22)23-9-7-20-18(23)24/h3-6,10,15H,1-2,7-9,11-12H2,(H,20,24). The van der Waals surface area contributed by atoms with Crippen LogP contribution in [0.15, 0.2) is 34.9 Å². The van der Waals surface area contributed by atoms with E-state index >= 15 is 0 Å². The normalized spacial score (nSPS) is 21.6. The lowest BCUT2D eigenvalue weighted by Crippen LogP contribution is -2.48. The molecule has 1 N–H and O–H groups in total. The van der Waals surface area contributed by atoms with Gasteiger partial charge in [0.25, 0.3) is 0 Å². The SMILES string of the molecule is O=C1NCCN1C1CCCN(Cc2cc(-c3ccc(F)cc3)no2)C1. The van der Waals surface area contributed by atoms with E-state index < -0.39 is 0 Å². The van der Waals surface area contributed by atoms with Crippen LogP contribution >= 0.6 is 0 Å². The van der Waals surface area contributed by atoms with E-state index in [-0.39, 0.29) is 17.9 Å². The summed E-state index contributed by atoms with van der Waals surface area (Å²) in [6.45, 7) is 4.02. The summed E-state index contributed by atoms with van der Waals surface area (Å²) in [6, 6.07) is 8.43. The van der Waals surface area contributed by atoms with E-state index in [0.29, 0.717) is 12.2 Å². The zero-order chi connectivity index (χ0) is 17.2. The highest BCUT2D eigenvalue weighted by atomic mass is 19.1. The van der Waals surface area contributed by atoms with Crippen molar-refractivity contribution in [2.45, 2.75) is 25.4 Å². The first-order valence-corrected chi connectivity index (χ1v) is 8.67. The molecule has 6 nitrogen and oxygen atoms in total. The number of nitrogens with zero attached hydrogens (tertiary/aromatic N) is 3. The lowest BCUT2D eigenvalue weighted by Gasteiger charge is -2.36. The van der Waals surface area contributed by atoms with E-state index in [9.17, 15) is 9.18 Å². The third kappa shape index (κ3) is 3.51. The van der Waals surface area contributed by atoms with Crippen LogP contribution in [0.25, 0.3) is 11.3 Å². The van der Waals surface area contributed by atoms with Crippen molar-refractivity contribution in [1.29, 1.82) is 0 Å². The Morgan fingerprint density at radius 2 is 2.12 bits per heavy atom. The molecule has 3 heterocycles. The van der Waals surface area contributed by atoms with Crippen LogP contribution in [-0.2, 0) is 6.54 Å². The molecule has 2 saturated heterocycles. The van der Waals surface area contributed by atoms with Gasteiger partial charge in [-0.1, -0.05) is 5.16 Å². The molecule has 0 aliphatic carbocycles. The molecule has 2 fully saturated rings. The van der Waals surface area contributed by atoms with Crippen molar-refractivity contribution < 1.29 is 13.7 Å². The van der Waals surface area contributed by atoms with Crippen LogP contribution in [-0.4, -0.2) is 53.2 Å². The molecule has 1 aromatic heterocycles. The Kier molecular flexibility index (Phi) is 4.40. The second kappa shape index (κ2) is 6.84. The van der Waals surface area contributed by atoms with Gasteiger partial charge < -0.3 is 14.7 Å². The highest BCUT2D eigenvalue weighted by Crippen LogP contribution is 2.23. The fraction of sp³-hybridized carbons (Fsp3) is 0.444. The lowest BCUT2D eigenvalue weighted by atomic mass is 10.0. The van der Waals surface area contributed by atoms with Crippen molar-refractivity contribution in [3.8, 4) is 11.3 Å². The summed E-state index contributed by atoms with van der Waals surface area (Å²) in [7, 11) is 0. The number of likely N-dealkylation sites (tertiary alicyclic amines) is 1. The van der Waals surface area contributed by atoms with Crippen LogP contribution in [0.3, 0.4) is 0 Å². The van der Waals surface area contributed by atoms with Crippen LogP contribution in [0.1, 0.15) is 18.6 Å². The lowest BCUT2D eigenvalue weighted by molar-refractivity contribution is 0.115. The van der Waals surface area contributed by atoms with E-state index in [2.05, 4.69) is 15.4 Å². The third-order valence-corrected chi connectivity index (χ3v) is 4.89. The summed E-state index contributed by atoms with van der Waals surface area (Å²) in [5, 5.41) is 6.96. The summed E-state index contributed by atoms with van der Waals surface area (Å²) < 4.78 is 18.5. The molecule has 2 aliphatic rings. The number of rotatable bonds is 4. The van der Waals surface area contributed by atoms with Gasteiger partial charge in [-0.25, -0.2) is 9.18 Å². The minimum atomic E-state index is -0.266. The molecule has 4 rings (SSSR count). The van der Waals surface area contributed by atoms with Gasteiger partial charge in [-0.2, -0.15) is 0 Å². The maximum atomic E-state index is 13.0.